The quantitative estimate of drug-likeness (QED) is 0.310. The second-order valence-electron chi connectivity index (χ2n) is 3.39. The maximum Gasteiger partial charge on any atom is 0.511 e. The van der Waals surface area contributed by atoms with Crippen molar-refractivity contribution in [3.63, 3.8) is 0 Å². The molecule has 0 atom stereocenters. The van der Waals surface area contributed by atoms with Crippen molar-refractivity contribution in [1.29, 1.82) is 0 Å². The maximum absolute atomic E-state index is 11.4. The first-order chi connectivity index (χ1) is 8.01. The summed E-state index contributed by atoms with van der Waals surface area (Å²) in [5.41, 5.74) is 0.459. The van der Waals surface area contributed by atoms with E-state index in [-0.39, 0.29) is 6.10 Å². The molecule has 0 N–H and O–H groups in total. The van der Waals surface area contributed by atoms with Crippen molar-refractivity contribution in [2.24, 2.45) is 0 Å². The summed E-state index contributed by atoms with van der Waals surface area (Å²) in [6.07, 6.45) is 2.42. The van der Waals surface area contributed by atoms with Crippen molar-refractivity contribution >= 4 is 12.1 Å². The van der Waals surface area contributed by atoms with Crippen LogP contribution < -0.4 is 0 Å². The Kier molecular flexibility index (Phi) is 7.50. The third-order valence-corrected chi connectivity index (χ3v) is 1.66. The van der Waals surface area contributed by atoms with Crippen LogP contribution in [0.2, 0.25) is 0 Å². The van der Waals surface area contributed by atoms with Gasteiger partial charge in [-0.1, -0.05) is 25.7 Å². The van der Waals surface area contributed by atoms with E-state index in [4.69, 9.17) is 4.74 Å². The molecule has 0 aromatic carbocycles. The Bertz CT molecular complexity index is 304. The number of hydrogen-bond acceptors (Lipinski definition) is 5. The second kappa shape index (κ2) is 8.38. The van der Waals surface area contributed by atoms with Gasteiger partial charge >= 0.3 is 12.1 Å². The average molecular weight is 242 g/mol. The fraction of sp³-hybridized carbons (Fsp3) is 0.500. The molecule has 0 aromatic heterocycles. The second-order valence-corrected chi connectivity index (χ2v) is 3.39. The maximum atomic E-state index is 11.4. The van der Waals surface area contributed by atoms with E-state index in [9.17, 15) is 9.59 Å². The molecule has 96 valence electrons. The lowest BCUT2D eigenvalue weighted by Crippen LogP contribution is -2.17. The molecule has 5 nitrogen and oxygen atoms in total. The highest BCUT2D eigenvalue weighted by Gasteiger charge is 2.11. The van der Waals surface area contributed by atoms with Crippen LogP contribution in [0, 0.1) is 0 Å². The Labute approximate surface area is 101 Å². The average Bonchev–Trinajstić information content (AvgIpc) is 2.24. The van der Waals surface area contributed by atoms with Crippen LogP contribution in [-0.4, -0.2) is 25.0 Å². The molecule has 0 rings (SSSR count). The summed E-state index contributed by atoms with van der Waals surface area (Å²) in [5, 5.41) is 0. The van der Waals surface area contributed by atoms with Gasteiger partial charge in [0, 0.05) is 5.57 Å². The van der Waals surface area contributed by atoms with Crippen molar-refractivity contribution in [3.8, 4) is 0 Å². The Morgan fingerprint density at radius 1 is 1.29 bits per heavy atom. The van der Waals surface area contributed by atoms with Crippen LogP contribution in [0.25, 0.3) is 0 Å². The van der Waals surface area contributed by atoms with Crippen LogP contribution in [0.4, 0.5) is 4.79 Å². The normalized spacial score (nSPS) is 10.9. The molecule has 0 aliphatic heterocycles. The molecular weight excluding hydrogens is 224 g/mol. The third kappa shape index (κ3) is 7.16. The monoisotopic (exact) mass is 242 g/mol. The summed E-state index contributed by atoms with van der Waals surface area (Å²) in [4.78, 5) is 22.3. The Morgan fingerprint density at radius 2 is 1.94 bits per heavy atom. The smallest absolute Gasteiger partial charge is 0.431 e. The van der Waals surface area contributed by atoms with Gasteiger partial charge in [0.25, 0.3) is 0 Å². The predicted octanol–water partition coefficient (Wildman–Crippen LogP) is 2.57. The lowest BCUT2D eigenvalue weighted by atomic mass is 10.2. The van der Waals surface area contributed by atoms with Gasteiger partial charge in [-0.15, -0.1) is 0 Å². The van der Waals surface area contributed by atoms with Crippen molar-refractivity contribution in [3.05, 3.63) is 24.3 Å². The number of hydrogen-bond donors (Lipinski definition) is 0. The molecule has 0 heterocycles. The highest BCUT2D eigenvalue weighted by atomic mass is 16.8. The summed E-state index contributed by atoms with van der Waals surface area (Å²) in [6.45, 7) is 8.21. The molecule has 0 aromatic rings. The van der Waals surface area contributed by atoms with Gasteiger partial charge in [-0.05, 0) is 20.3 Å². The van der Waals surface area contributed by atoms with Crippen LogP contribution in [-0.2, 0) is 19.0 Å². The van der Waals surface area contributed by atoms with Crippen LogP contribution in [0.1, 0.15) is 27.2 Å². The van der Waals surface area contributed by atoms with Gasteiger partial charge in [0.2, 0.25) is 6.79 Å². The zero-order valence-electron chi connectivity index (χ0n) is 10.4. The highest BCUT2D eigenvalue weighted by Crippen LogP contribution is 2.04. The third-order valence-electron chi connectivity index (χ3n) is 1.66. The number of esters is 1. The van der Waals surface area contributed by atoms with Crippen LogP contribution in [0.5, 0.6) is 0 Å². The molecule has 0 unspecified atom stereocenters. The highest BCUT2D eigenvalue weighted by molar-refractivity contribution is 5.88. The van der Waals surface area contributed by atoms with E-state index in [0.29, 0.717) is 12.0 Å². The molecule has 5 heteroatoms. The van der Waals surface area contributed by atoms with Gasteiger partial charge < -0.3 is 14.2 Å². The van der Waals surface area contributed by atoms with Gasteiger partial charge in [-0.25, -0.2) is 9.59 Å². The fourth-order valence-corrected chi connectivity index (χ4v) is 0.923. The van der Waals surface area contributed by atoms with E-state index in [2.05, 4.69) is 16.1 Å². The number of allylic oxidation sites excluding steroid dienone is 2. The molecule has 0 radical (unpaired) electrons. The Balaban J connectivity index is 3.96. The minimum Gasteiger partial charge on any atom is -0.431 e. The first-order valence-corrected chi connectivity index (χ1v) is 5.33. The Hall–Kier alpha value is -1.78. The lowest BCUT2D eigenvalue weighted by Gasteiger charge is -2.09. The zero-order chi connectivity index (χ0) is 13.3. The summed E-state index contributed by atoms with van der Waals surface area (Å²) < 4.78 is 13.9. The SMILES string of the molecule is C=CC=C(CC)C(=O)OCOC(=O)OC(C)C. The van der Waals surface area contributed by atoms with Gasteiger partial charge in [-0.3, -0.25) is 0 Å². The zero-order valence-corrected chi connectivity index (χ0v) is 10.4. The first kappa shape index (κ1) is 15.2. The van der Waals surface area contributed by atoms with Crippen molar-refractivity contribution in [2.75, 3.05) is 6.79 Å². The molecule has 0 amide bonds. The van der Waals surface area contributed by atoms with Crippen LogP contribution >= 0.6 is 0 Å². The number of carbonyl (C=O) groups excluding carboxylic acids is 2. The van der Waals surface area contributed by atoms with Crippen LogP contribution in [0.3, 0.4) is 0 Å². The topological polar surface area (TPSA) is 61.8 Å². The molecule has 0 fully saturated rings. The van der Waals surface area contributed by atoms with Gasteiger partial charge in [-0.2, -0.15) is 0 Å². The van der Waals surface area contributed by atoms with E-state index < -0.39 is 18.9 Å². The largest absolute Gasteiger partial charge is 0.511 e. The van der Waals surface area contributed by atoms with Crippen molar-refractivity contribution in [2.45, 2.75) is 33.3 Å². The molecule has 0 aliphatic rings. The Morgan fingerprint density at radius 3 is 2.41 bits per heavy atom. The molecule has 0 saturated carbocycles. The van der Waals surface area contributed by atoms with Crippen LogP contribution in [0.15, 0.2) is 24.3 Å². The van der Waals surface area contributed by atoms with E-state index in [1.165, 1.54) is 6.08 Å². The fourth-order valence-electron chi connectivity index (χ4n) is 0.923. The predicted molar refractivity (Wildman–Crippen MR) is 62.2 cm³/mol. The summed E-state index contributed by atoms with van der Waals surface area (Å²) in [7, 11) is 0. The van der Waals surface area contributed by atoms with Gasteiger partial charge in [0.1, 0.15) is 0 Å². The van der Waals surface area contributed by atoms with Crippen molar-refractivity contribution < 1.29 is 23.8 Å². The lowest BCUT2D eigenvalue weighted by molar-refractivity contribution is -0.149. The molecule has 17 heavy (non-hydrogen) atoms. The van der Waals surface area contributed by atoms with E-state index in [1.54, 1.807) is 19.9 Å². The molecule has 0 bridgehead atoms. The summed E-state index contributed by atoms with van der Waals surface area (Å²) >= 11 is 0. The number of rotatable bonds is 6. The molecule has 0 saturated heterocycles. The molecule has 0 spiro atoms. The first-order valence-electron chi connectivity index (χ1n) is 5.33. The van der Waals surface area contributed by atoms with E-state index in [0.717, 1.165) is 0 Å². The summed E-state index contributed by atoms with van der Waals surface area (Å²) in [5.74, 6) is -0.537. The minimum atomic E-state index is -0.862. The van der Waals surface area contributed by atoms with E-state index in [1.807, 2.05) is 6.92 Å². The van der Waals surface area contributed by atoms with Gasteiger partial charge in [0.15, 0.2) is 0 Å². The summed E-state index contributed by atoms with van der Waals surface area (Å²) in [6, 6.07) is 0. The minimum absolute atomic E-state index is 0.273. The molecular formula is C12H18O5. The van der Waals surface area contributed by atoms with Gasteiger partial charge in [0.05, 0.1) is 6.10 Å². The number of ether oxygens (including phenoxy) is 3. The van der Waals surface area contributed by atoms with E-state index >= 15 is 0 Å². The standard InChI is InChI=1S/C12H18O5/c1-5-7-10(6-2)11(13)15-8-16-12(14)17-9(3)4/h5,7,9H,1,6,8H2,2-4H3. The van der Waals surface area contributed by atoms with Crippen molar-refractivity contribution in [1.82, 2.24) is 0 Å². The molecule has 0 aliphatic carbocycles. The number of carbonyl (C=O) groups is 2.